The van der Waals surface area contributed by atoms with Gasteiger partial charge in [0.05, 0.1) is 17.1 Å². The summed E-state index contributed by atoms with van der Waals surface area (Å²) >= 11 is 0. The molecule has 0 saturated carbocycles. The van der Waals surface area contributed by atoms with E-state index in [1.165, 1.54) is 6.08 Å². The summed E-state index contributed by atoms with van der Waals surface area (Å²) in [6.45, 7) is 4.10. The van der Waals surface area contributed by atoms with Gasteiger partial charge in [0.2, 0.25) is 5.91 Å². The number of ether oxygens (including phenoxy) is 1. The lowest BCUT2D eigenvalue weighted by Gasteiger charge is -2.19. The molecular weight excluding hydrogens is 352 g/mol. The average Bonchev–Trinajstić information content (AvgIpc) is 3.13. The van der Waals surface area contributed by atoms with Crippen molar-refractivity contribution in [1.29, 1.82) is 5.26 Å². The van der Waals surface area contributed by atoms with Crippen molar-refractivity contribution in [1.82, 2.24) is 15.3 Å². The van der Waals surface area contributed by atoms with Crippen molar-refractivity contribution in [3.8, 4) is 11.8 Å². The summed E-state index contributed by atoms with van der Waals surface area (Å²) in [6.07, 6.45) is 3.24. The Morgan fingerprint density at radius 2 is 2.00 bits per heavy atom. The molecule has 3 rings (SSSR count). The number of hydrogen-bond donors (Lipinski definition) is 2. The third kappa shape index (κ3) is 4.77. The number of H-pyrrole nitrogens is 1. The zero-order valence-corrected chi connectivity index (χ0v) is 15.8. The van der Waals surface area contributed by atoms with Crippen molar-refractivity contribution in [3.63, 3.8) is 0 Å². The Morgan fingerprint density at radius 1 is 1.25 bits per heavy atom. The molecule has 0 fully saturated rings. The van der Waals surface area contributed by atoms with Crippen LogP contribution in [0.1, 0.15) is 31.3 Å². The van der Waals surface area contributed by atoms with E-state index < -0.39 is 0 Å². The zero-order chi connectivity index (χ0) is 19.9. The lowest BCUT2D eigenvalue weighted by molar-refractivity contribution is -0.117. The fraction of sp³-hybridized carbons (Fsp3) is 0.227. The van der Waals surface area contributed by atoms with E-state index in [0.29, 0.717) is 5.75 Å². The van der Waals surface area contributed by atoms with Gasteiger partial charge < -0.3 is 15.0 Å². The molecule has 6 nitrogen and oxygen atoms in total. The molecule has 28 heavy (non-hydrogen) atoms. The summed E-state index contributed by atoms with van der Waals surface area (Å²) < 4.78 is 5.21. The largest absolute Gasteiger partial charge is 0.479 e. The van der Waals surface area contributed by atoms with E-state index in [0.717, 1.165) is 22.4 Å². The van der Waals surface area contributed by atoms with Crippen molar-refractivity contribution in [2.45, 2.75) is 19.9 Å². The lowest BCUT2D eigenvalue weighted by atomic mass is 10.0. The predicted molar refractivity (Wildman–Crippen MR) is 108 cm³/mol. The van der Waals surface area contributed by atoms with Crippen molar-refractivity contribution in [3.05, 3.63) is 66.0 Å². The van der Waals surface area contributed by atoms with Crippen molar-refractivity contribution < 1.29 is 9.53 Å². The SMILES string of the molecule is CC(C)C(NC(=O)C=Cc1ccc(OCC#N)cc1)c1nc2ccccc2[nH]1. The number of benzene rings is 2. The van der Waals surface area contributed by atoms with Gasteiger partial charge in [-0.3, -0.25) is 4.79 Å². The number of rotatable bonds is 7. The minimum absolute atomic E-state index is 0.00989. The first kappa shape index (κ1) is 19.2. The second-order valence-electron chi connectivity index (χ2n) is 6.72. The van der Waals surface area contributed by atoms with E-state index in [1.54, 1.807) is 18.2 Å². The van der Waals surface area contributed by atoms with Gasteiger partial charge in [0, 0.05) is 6.08 Å². The van der Waals surface area contributed by atoms with Gasteiger partial charge in [0.1, 0.15) is 17.6 Å². The van der Waals surface area contributed by atoms with Gasteiger partial charge in [-0.25, -0.2) is 4.98 Å². The number of nitrogens with one attached hydrogen (secondary N) is 2. The molecule has 0 aliphatic rings. The van der Waals surface area contributed by atoms with Crippen LogP contribution in [0.2, 0.25) is 0 Å². The Balaban J connectivity index is 1.67. The highest BCUT2D eigenvalue weighted by Crippen LogP contribution is 2.22. The molecule has 1 amide bonds. The van der Waals surface area contributed by atoms with E-state index in [2.05, 4.69) is 15.3 Å². The highest BCUT2D eigenvalue weighted by Gasteiger charge is 2.20. The number of para-hydroxylation sites is 2. The Morgan fingerprint density at radius 3 is 2.68 bits per heavy atom. The van der Waals surface area contributed by atoms with E-state index in [-0.39, 0.29) is 24.5 Å². The number of carbonyl (C=O) groups is 1. The van der Waals surface area contributed by atoms with Crippen LogP contribution in [0.25, 0.3) is 17.1 Å². The second-order valence-corrected chi connectivity index (χ2v) is 6.72. The first-order chi connectivity index (χ1) is 13.6. The van der Waals surface area contributed by atoms with Crippen LogP contribution in [0, 0.1) is 17.2 Å². The van der Waals surface area contributed by atoms with Crippen molar-refractivity contribution in [2.24, 2.45) is 5.92 Å². The molecule has 2 aromatic carbocycles. The molecule has 0 aliphatic carbocycles. The number of imidazole rings is 1. The number of nitrogens with zero attached hydrogens (tertiary/aromatic N) is 2. The topological polar surface area (TPSA) is 90.8 Å². The van der Waals surface area contributed by atoms with Gasteiger partial charge in [-0.2, -0.15) is 5.26 Å². The van der Waals surface area contributed by atoms with Crippen LogP contribution in [0.5, 0.6) is 5.75 Å². The van der Waals surface area contributed by atoms with Gasteiger partial charge in [-0.1, -0.05) is 38.1 Å². The molecular formula is C22H22N4O2. The number of hydrogen-bond acceptors (Lipinski definition) is 4. The number of aromatic nitrogens is 2. The highest BCUT2D eigenvalue weighted by molar-refractivity contribution is 5.92. The van der Waals surface area contributed by atoms with Crippen LogP contribution < -0.4 is 10.1 Å². The first-order valence-corrected chi connectivity index (χ1v) is 9.10. The fourth-order valence-corrected chi connectivity index (χ4v) is 2.83. The van der Waals surface area contributed by atoms with Crippen molar-refractivity contribution >= 4 is 23.0 Å². The number of nitriles is 1. The number of carbonyl (C=O) groups excluding carboxylic acids is 1. The summed E-state index contributed by atoms with van der Waals surface area (Å²) in [5.41, 5.74) is 2.70. The van der Waals surface area contributed by atoms with Crippen LogP contribution in [-0.4, -0.2) is 22.5 Å². The number of aromatic amines is 1. The smallest absolute Gasteiger partial charge is 0.244 e. The van der Waals surface area contributed by atoms with Crippen LogP contribution in [0.15, 0.2) is 54.6 Å². The summed E-state index contributed by atoms with van der Waals surface area (Å²) in [5, 5.41) is 11.5. The Labute approximate surface area is 163 Å². The lowest BCUT2D eigenvalue weighted by Crippen LogP contribution is -2.31. The molecule has 2 N–H and O–H groups in total. The maximum Gasteiger partial charge on any atom is 0.244 e. The summed E-state index contributed by atoms with van der Waals surface area (Å²) in [5.74, 6) is 1.35. The average molecular weight is 374 g/mol. The third-order valence-corrected chi connectivity index (χ3v) is 4.28. The van der Waals surface area contributed by atoms with E-state index in [4.69, 9.17) is 10.00 Å². The zero-order valence-electron chi connectivity index (χ0n) is 15.8. The maximum absolute atomic E-state index is 12.4. The molecule has 0 spiro atoms. The first-order valence-electron chi connectivity index (χ1n) is 9.10. The number of amides is 1. The molecule has 1 atom stereocenters. The molecule has 3 aromatic rings. The maximum atomic E-state index is 12.4. The molecule has 1 aromatic heterocycles. The van der Waals surface area contributed by atoms with Crippen LogP contribution in [0.3, 0.4) is 0 Å². The molecule has 1 heterocycles. The molecule has 0 bridgehead atoms. The van der Waals surface area contributed by atoms with Crippen molar-refractivity contribution in [2.75, 3.05) is 6.61 Å². The van der Waals surface area contributed by atoms with Crippen LogP contribution >= 0.6 is 0 Å². The molecule has 0 aliphatic heterocycles. The minimum Gasteiger partial charge on any atom is -0.479 e. The molecule has 142 valence electrons. The Hall–Kier alpha value is -3.59. The monoisotopic (exact) mass is 374 g/mol. The standard InChI is InChI=1S/C22H22N4O2/c1-15(2)21(22-24-18-5-3-4-6-19(18)25-22)26-20(27)12-9-16-7-10-17(11-8-16)28-14-13-23/h3-12,15,21H,14H2,1-2H3,(H,24,25)(H,26,27). The minimum atomic E-state index is -0.216. The summed E-state index contributed by atoms with van der Waals surface area (Å²) in [7, 11) is 0. The van der Waals surface area contributed by atoms with E-state index >= 15 is 0 Å². The molecule has 0 radical (unpaired) electrons. The number of fused-ring (bicyclic) bond motifs is 1. The van der Waals surface area contributed by atoms with Gasteiger partial charge in [-0.15, -0.1) is 0 Å². The highest BCUT2D eigenvalue weighted by atomic mass is 16.5. The second kappa shape index (κ2) is 8.87. The quantitative estimate of drug-likeness (QED) is 0.612. The third-order valence-electron chi connectivity index (χ3n) is 4.28. The normalized spacial score (nSPS) is 12.2. The van der Waals surface area contributed by atoms with Gasteiger partial charge in [0.25, 0.3) is 0 Å². The van der Waals surface area contributed by atoms with Gasteiger partial charge in [-0.05, 0) is 41.8 Å². The predicted octanol–water partition coefficient (Wildman–Crippen LogP) is 3.99. The van der Waals surface area contributed by atoms with E-state index in [1.807, 2.05) is 56.3 Å². The summed E-state index contributed by atoms with van der Waals surface area (Å²) in [4.78, 5) is 20.3. The Bertz CT molecular complexity index is 980. The van der Waals surface area contributed by atoms with Gasteiger partial charge in [0.15, 0.2) is 6.61 Å². The fourth-order valence-electron chi connectivity index (χ4n) is 2.83. The van der Waals surface area contributed by atoms with Gasteiger partial charge >= 0.3 is 0 Å². The van der Waals surface area contributed by atoms with Crippen LogP contribution in [-0.2, 0) is 4.79 Å². The Kier molecular flexibility index (Phi) is 6.07. The summed E-state index contributed by atoms with van der Waals surface area (Å²) in [6, 6.07) is 16.7. The molecule has 6 heteroatoms. The van der Waals surface area contributed by atoms with Crippen LogP contribution in [0.4, 0.5) is 0 Å². The molecule has 0 saturated heterocycles. The molecule has 1 unspecified atom stereocenters. The van der Waals surface area contributed by atoms with E-state index in [9.17, 15) is 4.79 Å².